The van der Waals surface area contributed by atoms with Gasteiger partial charge in [-0.05, 0) is 26.7 Å². The fourth-order valence-electron chi connectivity index (χ4n) is 2.93. The first-order chi connectivity index (χ1) is 9.94. The zero-order chi connectivity index (χ0) is 15.9. The number of carbonyl (C=O) groups excluding carboxylic acids is 2. The molecule has 0 spiro atoms. The van der Waals surface area contributed by atoms with Crippen molar-refractivity contribution in [3.05, 3.63) is 0 Å². The van der Waals surface area contributed by atoms with Crippen molar-refractivity contribution in [3.8, 4) is 0 Å². The smallest absolute Gasteiger partial charge is 0.248 e. The van der Waals surface area contributed by atoms with Gasteiger partial charge in [-0.15, -0.1) is 0 Å². The van der Waals surface area contributed by atoms with Crippen LogP contribution < -0.4 is 5.32 Å². The molecule has 1 fully saturated rings. The molecule has 1 N–H and O–H groups in total. The number of hydrogen-bond donors (Lipinski definition) is 1. The second-order valence-corrected chi connectivity index (χ2v) is 6.55. The molecule has 0 aromatic heterocycles. The number of carbonyl (C=O) groups is 2. The monoisotopic (exact) mass is 296 g/mol. The van der Waals surface area contributed by atoms with Crippen LogP contribution in [-0.4, -0.2) is 34.8 Å². The Morgan fingerprint density at radius 3 is 2.38 bits per heavy atom. The first-order valence-corrected chi connectivity index (χ1v) is 8.56. The average Bonchev–Trinajstić information content (AvgIpc) is 2.52. The molecule has 0 aliphatic carbocycles. The van der Waals surface area contributed by atoms with E-state index in [0.29, 0.717) is 12.8 Å². The van der Waals surface area contributed by atoms with E-state index in [2.05, 4.69) is 12.2 Å². The number of amides is 2. The van der Waals surface area contributed by atoms with Crippen LogP contribution in [0.1, 0.15) is 79.1 Å². The van der Waals surface area contributed by atoms with Crippen LogP contribution in [0.5, 0.6) is 0 Å². The largest absolute Gasteiger partial charge is 0.342 e. The molecular weight excluding hydrogens is 264 g/mol. The lowest BCUT2D eigenvalue weighted by Gasteiger charge is -2.33. The summed E-state index contributed by atoms with van der Waals surface area (Å²) in [7, 11) is 0. The van der Waals surface area contributed by atoms with Crippen LogP contribution in [0.2, 0.25) is 0 Å². The van der Waals surface area contributed by atoms with Crippen LogP contribution in [0, 0.1) is 0 Å². The molecule has 1 aliphatic rings. The van der Waals surface area contributed by atoms with Gasteiger partial charge in [0, 0.05) is 19.0 Å². The molecule has 1 rings (SSSR count). The van der Waals surface area contributed by atoms with Crippen molar-refractivity contribution in [2.24, 2.45) is 0 Å². The normalized spacial score (nSPS) is 26.7. The minimum Gasteiger partial charge on any atom is -0.342 e. The highest BCUT2D eigenvalue weighted by Crippen LogP contribution is 2.22. The molecule has 21 heavy (non-hydrogen) atoms. The maximum atomic E-state index is 12.7. The molecule has 4 nitrogen and oxygen atoms in total. The van der Waals surface area contributed by atoms with Crippen molar-refractivity contribution < 1.29 is 9.59 Å². The molecule has 0 aromatic rings. The van der Waals surface area contributed by atoms with Crippen LogP contribution >= 0.6 is 0 Å². The number of hydrogen-bond acceptors (Lipinski definition) is 2. The minimum absolute atomic E-state index is 0.00140. The van der Waals surface area contributed by atoms with Crippen LogP contribution in [0.15, 0.2) is 0 Å². The van der Waals surface area contributed by atoms with Crippen LogP contribution in [0.3, 0.4) is 0 Å². The third kappa shape index (κ3) is 5.01. The lowest BCUT2D eigenvalue weighted by molar-refractivity contribution is -0.139. The van der Waals surface area contributed by atoms with Crippen molar-refractivity contribution in [3.63, 3.8) is 0 Å². The molecule has 1 saturated heterocycles. The Bertz CT molecular complexity index is 357. The lowest BCUT2D eigenvalue weighted by Crippen LogP contribution is -2.55. The molecule has 0 bridgehead atoms. The number of rotatable bonds is 8. The fourth-order valence-corrected chi connectivity index (χ4v) is 2.93. The Morgan fingerprint density at radius 2 is 1.76 bits per heavy atom. The van der Waals surface area contributed by atoms with Gasteiger partial charge in [0.05, 0.1) is 0 Å². The maximum absolute atomic E-state index is 12.7. The number of nitrogens with zero attached hydrogens (tertiary/aromatic N) is 1. The van der Waals surface area contributed by atoms with Crippen LogP contribution in [0.4, 0.5) is 0 Å². The highest BCUT2D eigenvalue weighted by atomic mass is 16.2. The molecule has 0 aromatic carbocycles. The van der Waals surface area contributed by atoms with Crippen LogP contribution in [0.25, 0.3) is 0 Å². The van der Waals surface area contributed by atoms with Crippen LogP contribution in [-0.2, 0) is 9.59 Å². The number of unbranched alkanes of at least 4 members (excludes halogenated alkanes) is 5. The van der Waals surface area contributed by atoms with E-state index in [9.17, 15) is 9.59 Å². The molecular formula is C17H32N2O2. The summed E-state index contributed by atoms with van der Waals surface area (Å²) >= 11 is 0. The average molecular weight is 296 g/mol. The Labute approximate surface area is 129 Å². The van der Waals surface area contributed by atoms with E-state index in [1.807, 2.05) is 25.7 Å². The summed E-state index contributed by atoms with van der Waals surface area (Å²) in [5.41, 5.74) is -0.732. The molecule has 0 radical (unpaired) electrons. The van der Waals surface area contributed by atoms with E-state index in [-0.39, 0.29) is 17.9 Å². The van der Waals surface area contributed by atoms with Crippen molar-refractivity contribution in [1.29, 1.82) is 0 Å². The van der Waals surface area contributed by atoms with Gasteiger partial charge < -0.3 is 10.2 Å². The third-order valence-electron chi connectivity index (χ3n) is 4.62. The quantitative estimate of drug-likeness (QED) is 0.699. The van der Waals surface area contributed by atoms with Crippen molar-refractivity contribution >= 4 is 11.8 Å². The molecule has 1 aliphatic heterocycles. The molecule has 2 unspecified atom stereocenters. The van der Waals surface area contributed by atoms with Gasteiger partial charge in [-0.3, -0.25) is 9.59 Å². The van der Waals surface area contributed by atoms with Gasteiger partial charge in [0.1, 0.15) is 5.54 Å². The summed E-state index contributed by atoms with van der Waals surface area (Å²) in [5, 5.41) is 2.90. The Kier molecular flexibility index (Phi) is 7.20. The van der Waals surface area contributed by atoms with Gasteiger partial charge in [-0.2, -0.15) is 0 Å². The Morgan fingerprint density at radius 1 is 1.14 bits per heavy atom. The summed E-state index contributed by atoms with van der Waals surface area (Å²) in [6.07, 6.45) is 8.33. The molecule has 4 heteroatoms. The highest BCUT2D eigenvalue weighted by Gasteiger charge is 2.41. The van der Waals surface area contributed by atoms with Gasteiger partial charge in [-0.1, -0.05) is 46.0 Å². The maximum Gasteiger partial charge on any atom is 0.248 e. The second-order valence-electron chi connectivity index (χ2n) is 6.55. The van der Waals surface area contributed by atoms with E-state index in [1.165, 1.54) is 32.1 Å². The zero-order valence-electron chi connectivity index (χ0n) is 14.2. The fraction of sp³-hybridized carbons (Fsp3) is 0.882. The first kappa shape index (κ1) is 18.0. The summed E-state index contributed by atoms with van der Waals surface area (Å²) in [4.78, 5) is 26.6. The van der Waals surface area contributed by atoms with Gasteiger partial charge in [-0.25, -0.2) is 0 Å². The lowest BCUT2D eigenvalue weighted by atomic mass is 9.97. The Balaban J connectivity index is 2.56. The summed E-state index contributed by atoms with van der Waals surface area (Å²) in [6, 6.07) is 0.00140. The van der Waals surface area contributed by atoms with Crippen molar-refractivity contribution in [2.45, 2.75) is 90.6 Å². The standard InChI is InChI=1S/C17H32N2O2/c1-5-7-8-9-10-11-12-19-14(3)13-15(20)18-17(4,6-2)16(19)21/h14H,5-13H2,1-4H3,(H,18,20). The van der Waals surface area contributed by atoms with Gasteiger partial charge in [0.2, 0.25) is 11.8 Å². The second kappa shape index (κ2) is 8.40. The van der Waals surface area contributed by atoms with Crippen molar-refractivity contribution in [2.75, 3.05) is 6.54 Å². The van der Waals surface area contributed by atoms with Crippen molar-refractivity contribution in [1.82, 2.24) is 10.2 Å². The first-order valence-electron chi connectivity index (χ1n) is 8.56. The topological polar surface area (TPSA) is 49.4 Å². The van der Waals surface area contributed by atoms with E-state index in [1.54, 1.807) is 0 Å². The summed E-state index contributed by atoms with van der Waals surface area (Å²) in [5.74, 6) is 0.0718. The SMILES string of the molecule is CCCCCCCCN1C(=O)C(C)(CC)NC(=O)CC1C. The molecule has 0 saturated carbocycles. The van der Waals surface area contributed by atoms with E-state index in [0.717, 1.165) is 13.0 Å². The molecule has 2 atom stereocenters. The predicted octanol–water partition coefficient (Wildman–Crippen LogP) is 3.25. The third-order valence-corrected chi connectivity index (χ3v) is 4.62. The zero-order valence-corrected chi connectivity index (χ0v) is 14.2. The van der Waals surface area contributed by atoms with Gasteiger partial charge in [0.15, 0.2) is 0 Å². The van der Waals surface area contributed by atoms with Gasteiger partial charge in [0.25, 0.3) is 0 Å². The number of nitrogens with one attached hydrogen (secondary N) is 1. The predicted molar refractivity (Wildman–Crippen MR) is 86.0 cm³/mol. The van der Waals surface area contributed by atoms with E-state index >= 15 is 0 Å². The van der Waals surface area contributed by atoms with E-state index < -0.39 is 5.54 Å². The summed E-state index contributed by atoms with van der Waals surface area (Å²) < 4.78 is 0. The Hall–Kier alpha value is -1.06. The van der Waals surface area contributed by atoms with Gasteiger partial charge >= 0.3 is 0 Å². The summed E-state index contributed by atoms with van der Waals surface area (Å²) in [6.45, 7) is 8.77. The molecule has 2 amide bonds. The van der Waals surface area contributed by atoms with E-state index in [4.69, 9.17) is 0 Å². The highest BCUT2D eigenvalue weighted by molar-refractivity contribution is 5.93. The molecule has 122 valence electrons. The minimum atomic E-state index is -0.732. The molecule has 1 heterocycles.